The van der Waals surface area contributed by atoms with E-state index in [1.165, 1.54) is 4.90 Å². The molecule has 3 rings (SSSR count). The van der Waals surface area contributed by atoms with Crippen LogP contribution in [0.4, 0.5) is 10.5 Å². The molecule has 1 amide bonds. The van der Waals surface area contributed by atoms with Crippen LogP contribution >= 0.6 is 24.0 Å². The van der Waals surface area contributed by atoms with Gasteiger partial charge >= 0.3 is 6.09 Å². The van der Waals surface area contributed by atoms with Crippen molar-refractivity contribution in [2.24, 2.45) is 0 Å². The predicted molar refractivity (Wildman–Crippen MR) is 119 cm³/mol. The third-order valence-electron chi connectivity index (χ3n) is 4.79. The molecule has 1 heterocycles. The van der Waals surface area contributed by atoms with Crippen molar-refractivity contribution in [3.05, 3.63) is 53.1 Å². The Morgan fingerprint density at radius 1 is 1.07 bits per heavy atom. The van der Waals surface area contributed by atoms with Crippen molar-refractivity contribution in [3.8, 4) is 11.5 Å². The first-order valence-corrected chi connectivity index (χ1v) is 9.64. The molecule has 0 N–H and O–H groups in total. The fourth-order valence-electron chi connectivity index (χ4n) is 3.28. The smallest absolute Gasteiger partial charge is 0.414 e. The number of carbonyl (C=O) groups excluding carboxylic acids is 1. The van der Waals surface area contributed by atoms with Gasteiger partial charge in [0.25, 0.3) is 0 Å². The van der Waals surface area contributed by atoms with E-state index in [4.69, 9.17) is 21.1 Å². The van der Waals surface area contributed by atoms with Crippen LogP contribution in [0.1, 0.15) is 5.56 Å². The highest BCUT2D eigenvalue weighted by molar-refractivity contribution is 6.33. The average molecular weight is 440 g/mol. The number of nitrogens with zero attached hydrogens (tertiary/aromatic N) is 3. The fourth-order valence-corrected chi connectivity index (χ4v) is 3.53. The van der Waals surface area contributed by atoms with Gasteiger partial charge in [-0.1, -0.05) is 35.9 Å². The van der Waals surface area contributed by atoms with E-state index in [1.54, 1.807) is 27.3 Å². The molecule has 0 atom stereocenters. The minimum Gasteiger partial charge on any atom is -0.492 e. The first-order chi connectivity index (χ1) is 13.5. The monoisotopic (exact) mass is 439 g/mol. The van der Waals surface area contributed by atoms with E-state index in [2.05, 4.69) is 15.9 Å². The highest BCUT2D eigenvalue weighted by Gasteiger charge is 2.21. The summed E-state index contributed by atoms with van der Waals surface area (Å²) in [5.74, 6) is 1.04. The van der Waals surface area contributed by atoms with Crippen LogP contribution in [0.15, 0.2) is 42.5 Å². The van der Waals surface area contributed by atoms with E-state index in [1.807, 2.05) is 30.3 Å². The summed E-state index contributed by atoms with van der Waals surface area (Å²) in [4.78, 5) is 18.0. The first kappa shape index (κ1) is 23.1. The molecular formula is C21H27Cl2N3O3. The van der Waals surface area contributed by atoms with Crippen LogP contribution < -0.4 is 14.4 Å². The molecule has 6 nitrogen and oxygen atoms in total. The maximum Gasteiger partial charge on any atom is 0.414 e. The van der Waals surface area contributed by atoms with Crippen LogP contribution in [0, 0.1) is 0 Å². The van der Waals surface area contributed by atoms with Crippen LogP contribution in [-0.4, -0.2) is 63.3 Å². The summed E-state index contributed by atoms with van der Waals surface area (Å²) in [6.07, 6.45) is -0.427. The number of hydrogen-bond acceptors (Lipinski definition) is 5. The van der Waals surface area contributed by atoms with Gasteiger partial charge in [0, 0.05) is 52.4 Å². The molecule has 29 heavy (non-hydrogen) atoms. The maximum absolute atomic E-state index is 11.9. The lowest BCUT2D eigenvalue weighted by molar-refractivity contribution is 0.169. The number of ether oxygens (including phenoxy) is 2. The summed E-state index contributed by atoms with van der Waals surface area (Å²) in [5, 5.41) is 0.785. The zero-order valence-corrected chi connectivity index (χ0v) is 18.5. The van der Waals surface area contributed by atoms with Gasteiger partial charge in [0.15, 0.2) is 11.5 Å². The Morgan fingerprint density at radius 2 is 1.76 bits per heavy atom. The molecule has 0 saturated carbocycles. The summed E-state index contributed by atoms with van der Waals surface area (Å²) in [6.45, 7) is 4.36. The normalized spacial score (nSPS) is 14.1. The Bertz CT molecular complexity index is 825. The summed E-state index contributed by atoms with van der Waals surface area (Å²) < 4.78 is 11.0. The molecule has 0 aliphatic carbocycles. The molecule has 2 aromatic rings. The van der Waals surface area contributed by atoms with Gasteiger partial charge in [0.05, 0.1) is 17.8 Å². The van der Waals surface area contributed by atoms with Gasteiger partial charge in [-0.25, -0.2) is 4.79 Å². The number of benzene rings is 2. The minimum atomic E-state index is -0.427. The lowest BCUT2D eigenvalue weighted by Gasteiger charge is -2.36. The molecule has 0 bridgehead atoms. The Kier molecular flexibility index (Phi) is 8.44. The first-order valence-electron chi connectivity index (χ1n) is 9.26. The fraction of sp³-hybridized carbons (Fsp3) is 0.381. The highest BCUT2D eigenvalue weighted by Crippen LogP contribution is 2.33. The number of amides is 1. The van der Waals surface area contributed by atoms with Crippen molar-refractivity contribution < 1.29 is 14.3 Å². The molecular weight excluding hydrogens is 413 g/mol. The molecule has 1 aliphatic heterocycles. The number of methoxy groups -OCH3 is 1. The molecule has 2 aromatic carbocycles. The van der Waals surface area contributed by atoms with Gasteiger partial charge in [0.1, 0.15) is 0 Å². The lowest BCUT2D eigenvalue weighted by Crippen LogP contribution is -2.46. The van der Waals surface area contributed by atoms with Gasteiger partial charge in [0.2, 0.25) is 0 Å². The quantitative estimate of drug-likeness (QED) is 0.699. The zero-order chi connectivity index (χ0) is 20.1. The Labute approximate surface area is 183 Å². The van der Waals surface area contributed by atoms with Crippen LogP contribution in [0.25, 0.3) is 0 Å². The number of hydrogen-bond donors (Lipinski definition) is 0. The van der Waals surface area contributed by atoms with Gasteiger partial charge < -0.3 is 19.3 Å². The van der Waals surface area contributed by atoms with Gasteiger partial charge in [-0.3, -0.25) is 4.90 Å². The van der Waals surface area contributed by atoms with E-state index < -0.39 is 6.09 Å². The number of carbonyl (C=O) groups is 1. The molecule has 0 spiro atoms. The number of halogens is 2. The number of anilines is 1. The Morgan fingerprint density at radius 3 is 2.38 bits per heavy atom. The second-order valence-corrected chi connectivity index (χ2v) is 7.33. The zero-order valence-electron chi connectivity index (χ0n) is 16.9. The van der Waals surface area contributed by atoms with Crippen molar-refractivity contribution in [2.45, 2.75) is 6.54 Å². The topological polar surface area (TPSA) is 45.3 Å². The molecule has 1 saturated heterocycles. The van der Waals surface area contributed by atoms with Crippen LogP contribution in [0.3, 0.4) is 0 Å². The molecule has 8 heteroatoms. The van der Waals surface area contributed by atoms with E-state index in [9.17, 15) is 4.79 Å². The van der Waals surface area contributed by atoms with Crippen molar-refractivity contribution in [1.82, 2.24) is 9.80 Å². The summed E-state index contributed by atoms with van der Waals surface area (Å²) in [6, 6.07) is 13.6. The predicted octanol–water partition coefficient (Wildman–Crippen LogP) is 4.15. The van der Waals surface area contributed by atoms with Gasteiger partial charge in [-0.05, 0) is 18.2 Å². The Balaban J connectivity index is 0.00000300. The molecule has 0 radical (unpaired) electrons. The minimum absolute atomic E-state index is 0. The molecule has 0 aromatic heterocycles. The lowest BCUT2D eigenvalue weighted by atomic mass is 10.1. The standard InChI is InChI=1S/C21H26ClN3O3.ClH/c1-23(2)21(26)28-19-10-6-7-16(20(19)27-3)15-24-11-13-25(14-12-24)18-9-5-4-8-17(18)22;/h4-10H,11-15H2,1-3H3;1H. The van der Waals surface area contributed by atoms with Gasteiger partial charge in [-0.2, -0.15) is 0 Å². The van der Waals surface area contributed by atoms with Gasteiger partial charge in [-0.15, -0.1) is 12.4 Å². The maximum atomic E-state index is 11.9. The number of para-hydroxylation sites is 2. The van der Waals surface area contributed by atoms with Crippen molar-refractivity contribution in [3.63, 3.8) is 0 Å². The molecule has 158 valence electrons. The SMILES string of the molecule is COc1c(CN2CCN(c3ccccc3Cl)CC2)cccc1OC(=O)N(C)C.Cl. The molecule has 1 fully saturated rings. The van der Waals surface area contributed by atoms with Crippen molar-refractivity contribution in [2.75, 3.05) is 52.3 Å². The van der Waals surface area contributed by atoms with Crippen LogP contribution in [0.2, 0.25) is 5.02 Å². The van der Waals surface area contributed by atoms with E-state index >= 15 is 0 Å². The summed E-state index contributed by atoms with van der Waals surface area (Å²) in [7, 11) is 4.90. The highest BCUT2D eigenvalue weighted by atomic mass is 35.5. The second kappa shape index (κ2) is 10.6. The number of piperazine rings is 1. The molecule has 1 aliphatic rings. The van der Waals surface area contributed by atoms with E-state index in [-0.39, 0.29) is 12.4 Å². The van der Waals surface area contributed by atoms with E-state index in [0.29, 0.717) is 11.5 Å². The largest absolute Gasteiger partial charge is 0.492 e. The summed E-state index contributed by atoms with van der Waals surface area (Å²) in [5.41, 5.74) is 2.08. The third-order valence-corrected chi connectivity index (χ3v) is 5.11. The Hall–Kier alpha value is -2.15. The van der Waals surface area contributed by atoms with Crippen LogP contribution in [-0.2, 0) is 6.54 Å². The van der Waals surface area contributed by atoms with E-state index in [0.717, 1.165) is 49.0 Å². The third kappa shape index (κ3) is 5.69. The second-order valence-electron chi connectivity index (χ2n) is 6.93. The van der Waals surface area contributed by atoms with Crippen molar-refractivity contribution >= 4 is 35.8 Å². The average Bonchev–Trinajstić information content (AvgIpc) is 2.69. The number of rotatable bonds is 5. The molecule has 0 unspecified atom stereocenters. The van der Waals surface area contributed by atoms with Crippen molar-refractivity contribution in [1.29, 1.82) is 0 Å². The summed E-state index contributed by atoms with van der Waals surface area (Å²) >= 11 is 6.33. The van der Waals surface area contributed by atoms with Crippen LogP contribution in [0.5, 0.6) is 11.5 Å².